The molecule has 19 heavy (non-hydrogen) atoms. The van der Waals surface area contributed by atoms with Crippen LogP contribution in [-0.4, -0.2) is 13.2 Å². The van der Waals surface area contributed by atoms with Gasteiger partial charge < -0.3 is 9.47 Å². The lowest BCUT2D eigenvalue weighted by Gasteiger charge is -2.08. The standard InChI is InChI=1S/C17H22O2/c1-3-5-11-19-17-9-7-14-6-8-16(18-10-4-2)12-15(14)13-17/h6-9,12-13H,3-5,10-11H2,1-2H3. The third-order valence-corrected chi connectivity index (χ3v) is 3.02. The Hall–Kier alpha value is -1.70. The van der Waals surface area contributed by atoms with Crippen LogP contribution in [0.5, 0.6) is 11.5 Å². The van der Waals surface area contributed by atoms with Crippen molar-refractivity contribution in [1.29, 1.82) is 0 Å². The Bertz CT molecular complexity index is 520. The summed E-state index contributed by atoms with van der Waals surface area (Å²) in [5, 5.41) is 2.38. The number of ether oxygens (including phenoxy) is 2. The van der Waals surface area contributed by atoms with E-state index in [0.29, 0.717) is 0 Å². The topological polar surface area (TPSA) is 18.5 Å². The minimum atomic E-state index is 0.762. The summed E-state index contributed by atoms with van der Waals surface area (Å²) >= 11 is 0. The lowest BCUT2D eigenvalue weighted by Crippen LogP contribution is -1.96. The molecule has 102 valence electrons. The van der Waals surface area contributed by atoms with Crippen molar-refractivity contribution in [3.63, 3.8) is 0 Å². The van der Waals surface area contributed by atoms with Gasteiger partial charge >= 0.3 is 0 Å². The highest BCUT2D eigenvalue weighted by Crippen LogP contribution is 2.25. The molecule has 0 amide bonds. The molecule has 0 saturated heterocycles. The van der Waals surface area contributed by atoms with Gasteiger partial charge in [0.1, 0.15) is 11.5 Å². The molecule has 0 saturated carbocycles. The molecule has 0 N–H and O–H groups in total. The van der Waals surface area contributed by atoms with Gasteiger partial charge in [-0.25, -0.2) is 0 Å². The number of hydrogen-bond acceptors (Lipinski definition) is 2. The quantitative estimate of drug-likeness (QED) is 0.664. The second kappa shape index (κ2) is 7.03. The van der Waals surface area contributed by atoms with E-state index in [4.69, 9.17) is 9.47 Å². The summed E-state index contributed by atoms with van der Waals surface area (Å²) in [6.07, 6.45) is 3.28. The van der Waals surface area contributed by atoms with Gasteiger partial charge in [0.25, 0.3) is 0 Å². The molecule has 0 aliphatic carbocycles. The fraction of sp³-hybridized carbons (Fsp3) is 0.412. The molecule has 2 aromatic carbocycles. The van der Waals surface area contributed by atoms with Crippen LogP contribution in [0.1, 0.15) is 33.1 Å². The van der Waals surface area contributed by atoms with Crippen molar-refractivity contribution in [3.05, 3.63) is 36.4 Å². The molecule has 0 spiro atoms. The van der Waals surface area contributed by atoms with Gasteiger partial charge in [0, 0.05) is 0 Å². The highest BCUT2D eigenvalue weighted by atomic mass is 16.5. The smallest absolute Gasteiger partial charge is 0.119 e. The van der Waals surface area contributed by atoms with Crippen molar-refractivity contribution in [2.75, 3.05) is 13.2 Å². The lowest BCUT2D eigenvalue weighted by molar-refractivity contribution is 0.309. The van der Waals surface area contributed by atoms with E-state index < -0.39 is 0 Å². The maximum atomic E-state index is 5.73. The third-order valence-electron chi connectivity index (χ3n) is 3.02. The number of fused-ring (bicyclic) bond motifs is 1. The number of unbranched alkanes of at least 4 members (excludes halogenated alkanes) is 1. The Morgan fingerprint density at radius 3 is 1.95 bits per heavy atom. The summed E-state index contributed by atoms with van der Waals surface area (Å²) in [5.74, 6) is 1.87. The van der Waals surface area contributed by atoms with Crippen molar-refractivity contribution < 1.29 is 9.47 Å². The van der Waals surface area contributed by atoms with E-state index in [9.17, 15) is 0 Å². The molecule has 0 fully saturated rings. The lowest BCUT2D eigenvalue weighted by atomic mass is 10.1. The predicted molar refractivity (Wildman–Crippen MR) is 80.1 cm³/mol. The summed E-state index contributed by atoms with van der Waals surface area (Å²) in [4.78, 5) is 0. The van der Waals surface area contributed by atoms with Crippen LogP contribution in [0.25, 0.3) is 10.8 Å². The zero-order chi connectivity index (χ0) is 13.5. The molecule has 0 aliphatic rings. The highest BCUT2D eigenvalue weighted by Gasteiger charge is 2.00. The Morgan fingerprint density at radius 1 is 0.737 bits per heavy atom. The van der Waals surface area contributed by atoms with Crippen molar-refractivity contribution >= 4 is 10.8 Å². The number of hydrogen-bond donors (Lipinski definition) is 0. The van der Waals surface area contributed by atoms with Crippen LogP contribution >= 0.6 is 0 Å². The normalized spacial score (nSPS) is 10.6. The molecule has 0 aliphatic heterocycles. The largest absolute Gasteiger partial charge is 0.494 e. The summed E-state index contributed by atoms with van der Waals surface area (Å²) < 4.78 is 11.4. The van der Waals surface area contributed by atoms with Gasteiger partial charge in [0.2, 0.25) is 0 Å². The first-order valence-corrected chi connectivity index (χ1v) is 7.13. The summed E-state index contributed by atoms with van der Waals surface area (Å²) in [5.41, 5.74) is 0. The van der Waals surface area contributed by atoms with Gasteiger partial charge in [-0.05, 0) is 47.9 Å². The Kier molecular flexibility index (Phi) is 5.08. The Balaban J connectivity index is 2.14. The maximum Gasteiger partial charge on any atom is 0.119 e. The maximum absolute atomic E-state index is 5.73. The SMILES string of the molecule is CCCCOc1ccc2ccc(OCCC)cc2c1. The van der Waals surface area contributed by atoms with Crippen LogP contribution in [0.2, 0.25) is 0 Å². The van der Waals surface area contributed by atoms with Crippen LogP contribution < -0.4 is 9.47 Å². The van der Waals surface area contributed by atoms with E-state index >= 15 is 0 Å². The molecule has 2 nitrogen and oxygen atoms in total. The van der Waals surface area contributed by atoms with Crippen LogP contribution in [0, 0.1) is 0 Å². The number of benzene rings is 2. The average molecular weight is 258 g/mol. The highest BCUT2D eigenvalue weighted by molar-refractivity contribution is 5.85. The predicted octanol–water partition coefficient (Wildman–Crippen LogP) is 4.81. The summed E-state index contributed by atoms with van der Waals surface area (Å²) in [6.45, 7) is 5.83. The van der Waals surface area contributed by atoms with E-state index in [2.05, 4.69) is 38.1 Å². The molecule has 2 heteroatoms. The van der Waals surface area contributed by atoms with Gasteiger partial charge in [0.05, 0.1) is 13.2 Å². The van der Waals surface area contributed by atoms with Crippen molar-refractivity contribution in [3.8, 4) is 11.5 Å². The van der Waals surface area contributed by atoms with E-state index in [-0.39, 0.29) is 0 Å². The summed E-state index contributed by atoms with van der Waals surface area (Å²) in [7, 11) is 0. The van der Waals surface area contributed by atoms with Gasteiger partial charge in [0.15, 0.2) is 0 Å². The first-order chi connectivity index (χ1) is 9.33. The molecule has 0 heterocycles. The second-order valence-electron chi connectivity index (χ2n) is 4.72. The van der Waals surface area contributed by atoms with E-state index in [1.54, 1.807) is 0 Å². The molecule has 0 bridgehead atoms. The Labute approximate surface area is 115 Å². The number of rotatable bonds is 7. The van der Waals surface area contributed by atoms with E-state index in [1.165, 1.54) is 10.8 Å². The second-order valence-corrected chi connectivity index (χ2v) is 4.72. The van der Waals surface area contributed by atoms with Crippen LogP contribution in [-0.2, 0) is 0 Å². The fourth-order valence-electron chi connectivity index (χ4n) is 1.94. The molecule has 0 radical (unpaired) electrons. The summed E-state index contributed by atoms with van der Waals surface area (Å²) in [6, 6.07) is 12.4. The van der Waals surface area contributed by atoms with Gasteiger partial charge in [-0.15, -0.1) is 0 Å². The fourth-order valence-corrected chi connectivity index (χ4v) is 1.94. The molecule has 0 atom stereocenters. The van der Waals surface area contributed by atoms with Gasteiger partial charge in [-0.3, -0.25) is 0 Å². The van der Waals surface area contributed by atoms with Crippen LogP contribution in [0.3, 0.4) is 0 Å². The van der Waals surface area contributed by atoms with Crippen molar-refractivity contribution in [1.82, 2.24) is 0 Å². The van der Waals surface area contributed by atoms with Gasteiger partial charge in [-0.2, -0.15) is 0 Å². The molecular weight excluding hydrogens is 236 g/mol. The first-order valence-electron chi connectivity index (χ1n) is 7.13. The van der Waals surface area contributed by atoms with Crippen molar-refractivity contribution in [2.45, 2.75) is 33.1 Å². The van der Waals surface area contributed by atoms with E-state index in [1.807, 2.05) is 12.1 Å². The van der Waals surface area contributed by atoms with Crippen molar-refractivity contribution in [2.24, 2.45) is 0 Å². The van der Waals surface area contributed by atoms with E-state index in [0.717, 1.165) is 44.0 Å². The van der Waals surface area contributed by atoms with Crippen LogP contribution in [0.4, 0.5) is 0 Å². The zero-order valence-corrected chi connectivity index (χ0v) is 11.8. The molecule has 2 aromatic rings. The zero-order valence-electron chi connectivity index (χ0n) is 11.8. The minimum absolute atomic E-state index is 0.762. The molecule has 0 unspecified atom stereocenters. The molecular formula is C17H22O2. The first kappa shape index (κ1) is 13.7. The monoisotopic (exact) mass is 258 g/mol. The Morgan fingerprint density at radius 2 is 1.37 bits per heavy atom. The third kappa shape index (κ3) is 3.88. The molecule has 0 aromatic heterocycles. The molecule has 2 rings (SSSR count). The van der Waals surface area contributed by atoms with Gasteiger partial charge in [-0.1, -0.05) is 32.4 Å². The van der Waals surface area contributed by atoms with Crippen LogP contribution in [0.15, 0.2) is 36.4 Å². The average Bonchev–Trinajstić information content (AvgIpc) is 2.45. The minimum Gasteiger partial charge on any atom is -0.494 e.